The lowest BCUT2D eigenvalue weighted by atomic mass is 10.2. The van der Waals surface area contributed by atoms with Crippen LogP contribution in [0.25, 0.3) is 0 Å². The Balaban J connectivity index is 1.84. The SMILES string of the molecule is CCCNCc1ccc(OCc2cccc(Cl)c2)cc1. The first-order valence-corrected chi connectivity index (χ1v) is 7.32. The highest BCUT2D eigenvalue weighted by Crippen LogP contribution is 2.16. The molecular weight excluding hydrogens is 270 g/mol. The van der Waals surface area contributed by atoms with Crippen molar-refractivity contribution in [2.75, 3.05) is 6.54 Å². The summed E-state index contributed by atoms with van der Waals surface area (Å²) in [6.07, 6.45) is 1.15. The first-order valence-electron chi connectivity index (χ1n) is 6.95. The second-order valence-corrected chi connectivity index (χ2v) is 5.18. The molecule has 3 heteroatoms. The molecule has 2 nitrogen and oxygen atoms in total. The van der Waals surface area contributed by atoms with Crippen LogP contribution in [-0.2, 0) is 13.2 Å². The molecule has 0 spiro atoms. The Labute approximate surface area is 125 Å². The normalized spacial score (nSPS) is 10.5. The van der Waals surface area contributed by atoms with E-state index in [1.807, 2.05) is 36.4 Å². The molecular formula is C17H20ClNO. The maximum Gasteiger partial charge on any atom is 0.119 e. The second-order valence-electron chi connectivity index (χ2n) is 4.74. The third kappa shape index (κ3) is 4.87. The highest BCUT2D eigenvalue weighted by atomic mass is 35.5. The van der Waals surface area contributed by atoms with Crippen molar-refractivity contribution in [2.24, 2.45) is 0 Å². The van der Waals surface area contributed by atoms with E-state index in [1.54, 1.807) is 0 Å². The van der Waals surface area contributed by atoms with Crippen molar-refractivity contribution in [1.82, 2.24) is 5.32 Å². The maximum atomic E-state index is 5.95. The third-order valence-corrected chi connectivity index (χ3v) is 3.21. The summed E-state index contributed by atoms with van der Waals surface area (Å²) in [5.41, 5.74) is 2.35. The molecule has 0 saturated carbocycles. The predicted molar refractivity (Wildman–Crippen MR) is 84.2 cm³/mol. The average Bonchev–Trinajstić information content (AvgIpc) is 2.47. The number of benzene rings is 2. The van der Waals surface area contributed by atoms with E-state index in [0.29, 0.717) is 6.61 Å². The van der Waals surface area contributed by atoms with E-state index in [1.165, 1.54) is 5.56 Å². The monoisotopic (exact) mass is 289 g/mol. The van der Waals surface area contributed by atoms with Crippen LogP contribution < -0.4 is 10.1 Å². The van der Waals surface area contributed by atoms with Gasteiger partial charge in [-0.3, -0.25) is 0 Å². The minimum absolute atomic E-state index is 0.536. The van der Waals surface area contributed by atoms with Crippen LogP contribution in [0.2, 0.25) is 5.02 Å². The summed E-state index contributed by atoms with van der Waals surface area (Å²) < 4.78 is 5.75. The van der Waals surface area contributed by atoms with Crippen LogP contribution >= 0.6 is 11.6 Å². The van der Waals surface area contributed by atoms with Crippen molar-refractivity contribution in [3.63, 3.8) is 0 Å². The van der Waals surface area contributed by atoms with Crippen LogP contribution in [0.15, 0.2) is 48.5 Å². The van der Waals surface area contributed by atoms with Gasteiger partial charge in [0.1, 0.15) is 12.4 Å². The van der Waals surface area contributed by atoms with Gasteiger partial charge >= 0.3 is 0 Å². The minimum atomic E-state index is 0.536. The fourth-order valence-corrected chi connectivity index (χ4v) is 2.12. The largest absolute Gasteiger partial charge is 0.489 e. The Morgan fingerprint density at radius 2 is 1.85 bits per heavy atom. The van der Waals surface area contributed by atoms with Gasteiger partial charge in [-0.2, -0.15) is 0 Å². The summed E-state index contributed by atoms with van der Waals surface area (Å²) in [5.74, 6) is 0.879. The van der Waals surface area contributed by atoms with Crippen molar-refractivity contribution < 1.29 is 4.74 Å². The fraction of sp³-hybridized carbons (Fsp3) is 0.294. The molecule has 0 unspecified atom stereocenters. The molecule has 20 heavy (non-hydrogen) atoms. The molecule has 1 N–H and O–H groups in total. The average molecular weight is 290 g/mol. The molecule has 0 heterocycles. The number of ether oxygens (including phenoxy) is 1. The molecule has 106 valence electrons. The number of nitrogens with one attached hydrogen (secondary N) is 1. The van der Waals surface area contributed by atoms with Crippen molar-refractivity contribution in [3.8, 4) is 5.75 Å². The number of hydrogen-bond acceptors (Lipinski definition) is 2. The first-order chi connectivity index (χ1) is 9.78. The van der Waals surface area contributed by atoms with E-state index >= 15 is 0 Å². The molecule has 0 saturated heterocycles. The zero-order chi connectivity index (χ0) is 14.2. The zero-order valence-electron chi connectivity index (χ0n) is 11.7. The summed E-state index contributed by atoms with van der Waals surface area (Å²) >= 11 is 5.95. The van der Waals surface area contributed by atoms with Crippen LogP contribution in [0.1, 0.15) is 24.5 Å². The van der Waals surface area contributed by atoms with Gasteiger partial charge in [-0.25, -0.2) is 0 Å². The lowest BCUT2D eigenvalue weighted by Gasteiger charge is -2.08. The summed E-state index contributed by atoms with van der Waals surface area (Å²) in [6.45, 7) is 4.66. The molecule has 0 aliphatic heterocycles. The van der Waals surface area contributed by atoms with Crippen LogP contribution in [0.4, 0.5) is 0 Å². The summed E-state index contributed by atoms with van der Waals surface area (Å²) in [7, 11) is 0. The number of hydrogen-bond donors (Lipinski definition) is 1. The maximum absolute atomic E-state index is 5.95. The second kappa shape index (κ2) is 7.93. The van der Waals surface area contributed by atoms with Gasteiger partial charge < -0.3 is 10.1 Å². The quantitative estimate of drug-likeness (QED) is 0.762. The Morgan fingerprint density at radius 3 is 2.55 bits per heavy atom. The Hall–Kier alpha value is -1.51. The van der Waals surface area contributed by atoms with Crippen LogP contribution in [0.3, 0.4) is 0 Å². The molecule has 0 aromatic heterocycles. The van der Waals surface area contributed by atoms with Gasteiger partial charge in [0, 0.05) is 11.6 Å². The highest BCUT2D eigenvalue weighted by molar-refractivity contribution is 6.30. The van der Waals surface area contributed by atoms with Crippen molar-refractivity contribution >= 4 is 11.6 Å². The fourth-order valence-electron chi connectivity index (χ4n) is 1.91. The molecule has 2 aromatic rings. The first kappa shape index (κ1) is 14.9. The number of halogens is 1. The molecule has 0 aliphatic rings. The Bertz CT molecular complexity index is 525. The van der Waals surface area contributed by atoms with Gasteiger partial charge in [0.25, 0.3) is 0 Å². The molecule has 0 aliphatic carbocycles. The molecule has 0 fully saturated rings. The van der Waals surface area contributed by atoms with E-state index in [-0.39, 0.29) is 0 Å². The van der Waals surface area contributed by atoms with E-state index in [2.05, 4.69) is 24.4 Å². The van der Waals surface area contributed by atoms with Crippen LogP contribution in [0.5, 0.6) is 5.75 Å². The number of rotatable bonds is 7. The molecule has 0 bridgehead atoms. The van der Waals surface area contributed by atoms with Crippen LogP contribution in [0, 0.1) is 0 Å². The van der Waals surface area contributed by atoms with Gasteiger partial charge in [0.05, 0.1) is 0 Å². The Morgan fingerprint density at radius 1 is 1.05 bits per heavy atom. The van der Waals surface area contributed by atoms with Gasteiger partial charge in [-0.15, -0.1) is 0 Å². The molecule has 0 amide bonds. The van der Waals surface area contributed by atoms with E-state index in [4.69, 9.17) is 16.3 Å². The van der Waals surface area contributed by atoms with E-state index in [9.17, 15) is 0 Å². The lowest BCUT2D eigenvalue weighted by Crippen LogP contribution is -2.13. The van der Waals surface area contributed by atoms with E-state index < -0.39 is 0 Å². The van der Waals surface area contributed by atoms with E-state index in [0.717, 1.165) is 35.8 Å². The van der Waals surface area contributed by atoms with Gasteiger partial charge in [-0.1, -0.05) is 42.8 Å². The standard InChI is InChI=1S/C17H20ClNO/c1-2-10-19-12-14-6-8-17(9-7-14)20-13-15-4-3-5-16(18)11-15/h3-9,11,19H,2,10,12-13H2,1H3. The van der Waals surface area contributed by atoms with Gasteiger partial charge in [0.2, 0.25) is 0 Å². The lowest BCUT2D eigenvalue weighted by molar-refractivity contribution is 0.306. The predicted octanol–water partition coefficient (Wildman–Crippen LogP) is 4.42. The van der Waals surface area contributed by atoms with Gasteiger partial charge in [0.15, 0.2) is 0 Å². The van der Waals surface area contributed by atoms with Gasteiger partial charge in [-0.05, 0) is 48.4 Å². The smallest absolute Gasteiger partial charge is 0.119 e. The minimum Gasteiger partial charge on any atom is -0.489 e. The highest BCUT2D eigenvalue weighted by Gasteiger charge is 1.98. The zero-order valence-corrected chi connectivity index (χ0v) is 12.5. The summed E-state index contributed by atoms with van der Waals surface area (Å²) in [5, 5.41) is 4.12. The molecule has 0 atom stereocenters. The van der Waals surface area contributed by atoms with Crippen LogP contribution in [-0.4, -0.2) is 6.54 Å². The van der Waals surface area contributed by atoms with Crippen molar-refractivity contribution in [2.45, 2.75) is 26.5 Å². The molecule has 0 radical (unpaired) electrons. The molecule has 2 aromatic carbocycles. The van der Waals surface area contributed by atoms with Crippen molar-refractivity contribution in [3.05, 3.63) is 64.7 Å². The third-order valence-electron chi connectivity index (χ3n) is 2.97. The topological polar surface area (TPSA) is 21.3 Å². The summed E-state index contributed by atoms with van der Waals surface area (Å²) in [6, 6.07) is 15.9. The van der Waals surface area contributed by atoms with Crippen molar-refractivity contribution in [1.29, 1.82) is 0 Å². The molecule has 2 rings (SSSR count). The Kier molecular flexibility index (Phi) is 5.90. The summed E-state index contributed by atoms with van der Waals surface area (Å²) in [4.78, 5) is 0.